The predicted molar refractivity (Wildman–Crippen MR) is 57.1 cm³/mol. The summed E-state index contributed by atoms with van der Waals surface area (Å²) in [4.78, 5) is 4.23. The predicted octanol–water partition coefficient (Wildman–Crippen LogP) is 2.11. The van der Waals surface area contributed by atoms with Gasteiger partial charge in [-0.15, -0.1) is 0 Å². The Bertz CT molecular complexity index is 286. The average Bonchev–Trinajstić information content (AvgIpc) is 2.46. The van der Waals surface area contributed by atoms with E-state index >= 15 is 0 Å². The van der Waals surface area contributed by atoms with Gasteiger partial charge in [-0.3, -0.25) is 0 Å². The molecule has 1 aliphatic rings. The van der Waals surface area contributed by atoms with Gasteiger partial charge in [0, 0.05) is 24.8 Å². The van der Waals surface area contributed by atoms with Gasteiger partial charge in [-0.1, -0.05) is 13.8 Å². The minimum Gasteiger partial charge on any atom is -0.330 e. The molecule has 0 saturated heterocycles. The number of hydrogen-bond donors (Lipinski definition) is 1. The molecule has 0 spiro atoms. The molecule has 0 aromatic carbocycles. The van der Waals surface area contributed by atoms with Crippen molar-refractivity contribution in [3.05, 3.63) is 18.2 Å². The standard InChI is InChI=1S/C11H19N3/c1-9(2)13-7-11-6-12-8-14(11)10-4-3-5-10/h6,8-10,13H,3-5,7H2,1-2H3. The average molecular weight is 193 g/mol. The van der Waals surface area contributed by atoms with Gasteiger partial charge < -0.3 is 9.88 Å². The minimum atomic E-state index is 0.541. The van der Waals surface area contributed by atoms with Crippen LogP contribution in [-0.2, 0) is 6.54 Å². The van der Waals surface area contributed by atoms with Crippen LogP contribution in [0.3, 0.4) is 0 Å². The largest absolute Gasteiger partial charge is 0.330 e. The highest BCUT2D eigenvalue weighted by atomic mass is 15.1. The minimum absolute atomic E-state index is 0.541. The molecule has 0 amide bonds. The summed E-state index contributed by atoms with van der Waals surface area (Å²) in [5, 5.41) is 3.43. The first kappa shape index (κ1) is 9.71. The van der Waals surface area contributed by atoms with Crippen LogP contribution in [0.1, 0.15) is 44.8 Å². The van der Waals surface area contributed by atoms with E-state index in [-0.39, 0.29) is 0 Å². The lowest BCUT2D eigenvalue weighted by Gasteiger charge is -2.28. The Hall–Kier alpha value is -0.830. The van der Waals surface area contributed by atoms with Crippen molar-refractivity contribution in [2.24, 2.45) is 0 Å². The summed E-state index contributed by atoms with van der Waals surface area (Å²) in [6, 6.07) is 1.27. The van der Waals surface area contributed by atoms with Crippen LogP contribution in [0.4, 0.5) is 0 Å². The molecule has 0 atom stereocenters. The highest BCUT2D eigenvalue weighted by Gasteiger charge is 2.20. The number of hydrogen-bond acceptors (Lipinski definition) is 2. The lowest BCUT2D eigenvalue weighted by molar-refractivity contribution is 0.304. The summed E-state index contributed by atoms with van der Waals surface area (Å²) in [7, 11) is 0. The monoisotopic (exact) mass is 193 g/mol. The number of rotatable bonds is 4. The third-order valence-electron chi connectivity index (χ3n) is 2.91. The molecule has 3 nitrogen and oxygen atoms in total. The fraction of sp³-hybridized carbons (Fsp3) is 0.727. The van der Waals surface area contributed by atoms with Gasteiger partial charge in [0.2, 0.25) is 0 Å². The smallest absolute Gasteiger partial charge is 0.0951 e. The molecule has 2 rings (SSSR count). The molecule has 3 heteroatoms. The van der Waals surface area contributed by atoms with E-state index in [2.05, 4.69) is 28.7 Å². The summed E-state index contributed by atoms with van der Waals surface area (Å²) < 4.78 is 2.33. The van der Waals surface area contributed by atoms with E-state index in [9.17, 15) is 0 Å². The van der Waals surface area contributed by atoms with Crippen LogP contribution in [-0.4, -0.2) is 15.6 Å². The molecule has 1 aromatic rings. The zero-order chi connectivity index (χ0) is 9.97. The number of nitrogens with zero attached hydrogens (tertiary/aromatic N) is 2. The van der Waals surface area contributed by atoms with E-state index in [1.54, 1.807) is 0 Å². The van der Waals surface area contributed by atoms with E-state index in [0.29, 0.717) is 6.04 Å². The molecule has 1 fully saturated rings. The van der Waals surface area contributed by atoms with Crippen molar-refractivity contribution in [2.75, 3.05) is 0 Å². The SMILES string of the molecule is CC(C)NCc1cncn1C1CCC1. The fourth-order valence-corrected chi connectivity index (χ4v) is 1.77. The maximum atomic E-state index is 4.23. The molecular weight excluding hydrogens is 174 g/mol. The van der Waals surface area contributed by atoms with E-state index < -0.39 is 0 Å². The zero-order valence-electron chi connectivity index (χ0n) is 9.03. The quantitative estimate of drug-likeness (QED) is 0.793. The number of imidazole rings is 1. The highest BCUT2D eigenvalue weighted by molar-refractivity contribution is 5.01. The molecule has 1 N–H and O–H groups in total. The van der Waals surface area contributed by atoms with Crippen LogP contribution in [0.25, 0.3) is 0 Å². The Morgan fingerprint density at radius 2 is 2.36 bits per heavy atom. The molecule has 0 radical (unpaired) electrons. The molecule has 1 aromatic heterocycles. The van der Waals surface area contributed by atoms with Crippen LogP contribution in [0.5, 0.6) is 0 Å². The third-order valence-corrected chi connectivity index (χ3v) is 2.91. The Kier molecular flexibility index (Phi) is 2.87. The normalized spacial score (nSPS) is 17.4. The van der Waals surface area contributed by atoms with Gasteiger partial charge in [-0.05, 0) is 19.3 Å². The summed E-state index contributed by atoms with van der Waals surface area (Å²) in [5.74, 6) is 0. The molecular formula is C11H19N3. The Labute approximate surface area is 85.5 Å². The molecule has 78 valence electrons. The number of nitrogens with one attached hydrogen (secondary N) is 1. The van der Waals surface area contributed by atoms with E-state index in [1.807, 2.05) is 12.5 Å². The van der Waals surface area contributed by atoms with Crippen LogP contribution >= 0.6 is 0 Å². The van der Waals surface area contributed by atoms with Crippen LogP contribution in [0.15, 0.2) is 12.5 Å². The van der Waals surface area contributed by atoms with Crippen molar-refractivity contribution in [3.63, 3.8) is 0 Å². The summed E-state index contributed by atoms with van der Waals surface area (Å²) in [6.45, 7) is 5.28. The van der Waals surface area contributed by atoms with Gasteiger partial charge in [-0.2, -0.15) is 0 Å². The maximum Gasteiger partial charge on any atom is 0.0951 e. The summed E-state index contributed by atoms with van der Waals surface area (Å²) in [6.07, 6.45) is 7.98. The second-order valence-corrected chi connectivity index (χ2v) is 4.41. The fourth-order valence-electron chi connectivity index (χ4n) is 1.77. The van der Waals surface area contributed by atoms with E-state index in [4.69, 9.17) is 0 Å². The summed E-state index contributed by atoms with van der Waals surface area (Å²) in [5.41, 5.74) is 1.32. The van der Waals surface area contributed by atoms with E-state index in [0.717, 1.165) is 12.6 Å². The van der Waals surface area contributed by atoms with Crippen molar-refractivity contribution < 1.29 is 0 Å². The number of aromatic nitrogens is 2. The highest BCUT2D eigenvalue weighted by Crippen LogP contribution is 2.32. The van der Waals surface area contributed by atoms with Crippen molar-refractivity contribution in [3.8, 4) is 0 Å². The van der Waals surface area contributed by atoms with Gasteiger partial charge in [0.25, 0.3) is 0 Å². The van der Waals surface area contributed by atoms with Crippen molar-refractivity contribution in [1.29, 1.82) is 0 Å². The second-order valence-electron chi connectivity index (χ2n) is 4.41. The van der Waals surface area contributed by atoms with Gasteiger partial charge in [0.15, 0.2) is 0 Å². The van der Waals surface area contributed by atoms with Gasteiger partial charge >= 0.3 is 0 Å². The molecule has 14 heavy (non-hydrogen) atoms. The van der Waals surface area contributed by atoms with Crippen LogP contribution in [0.2, 0.25) is 0 Å². The van der Waals surface area contributed by atoms with Gasteiger partial charge in [-0.25, -0.2) is 4.98 Å². The molecule has 0 unspecified atom stereocenters. The van der Waals surface area contributed by atoms with Crippen LogP contribution in [0, 0.1) is 0 Å². The second kappa shape index (κ2) is 4.13. The topological polar surface area (TPSA) is 29.9 Å². The lowest BCUT2D eigenvalue weighted by Crippen LogP contribution is -2.25. The molecule has 1 heterocycles. The Morgan fingerprint density at radius 1 is 1.57 bits per heavy atom. The summed E-state index contributed by atoms with van der Waals surface area (Å²) >= 11 is 0. The zero-order valence-corrected chi connectivity index (χ0v) is 9.03. The van der Waals surface area contributed by atoms with E-state index in [1.165, 1.54) is 25.0 Å². The van der Waals surface area contributed by atoms with Crippen molar-refractivity contribution in [1.82, 2.24) is 14.9 Å². The van der Waals surface area contributed by atoms with Crippen LogP contribution < -0.4 is 5.32 Å². The first-order valence-corrected chi connectivity index (χ1v) is 5.51. The van der Waals surface area contributed by atoms with Crippen molar-refractivity contribution >= 4 is 0 Å². The molecule has 1 saturated carbocycles. The van der Waals surface area contributed by atoms with Gasteiger partial charge in [0.1, 0.15) is 0 Å². The molecule has 0 aliphatic heterocycles. The molecule has 1 aliphatic carbocycles. The third kappa shape index (κ3) is 1.98. The lowest BCUT2D eigenvalue weighted by atomic mass is 9.93. The Morgan fingerprint density at radius 3 is 2.93 bits per heavy atom. The van der Waals surface area contributed by atoms with Gasteiger partial charge in [0.05, 0.1) is 12.0 Å². The first-order valence-electron chi connectivity index (χ1n) is 5.51. The first-order chi connectivity index (χ1) is 6.77. The Balaban J connectivity index is 1.98. The van der Waals surface area contributed by atoms with Crippen molar-refractivity contribution in [2.45, 2.75) is 51.7 Å². The maximum absolute atomic E-state index is 4.23. The molecule has 0 bridgehead atoms.